The number of hydrogen-bond acceptors (Lipinski definition) is 3. The number of aryl methyl sites for hydroxylation is 1. The summed E-state index contributed by atoms with van der Waals surface area (Å²) in [4.78, 5) is 18.1. The first kappa shape index (κ1) is 16.0. The van der Waals surface area contributed by atoms with E-state index in [-0.39, 0.29) is 5.91 Å². The molecule has 4 heteroatoms. The highest BCUT2D eigenvalue weighted by Gasteiger charge is 2.11. The first-order valence-corrected chi connectivity index (χ1v) is 8.01. The Labute approximate surface area is 141 Å². The van der Waals surface area contributed by atoms with E-state index in [1.54, 1.807) is 30.4 Å². The maximum atomic E-state index is 12.4. The molecule has 24 heavy (non-hydrogen) atoms. The predicted molar refractivity (Wildman–Crippen MR) is 95.3 cm³/mol. The number of aromatic nitrogens is 1. The third-order valence-electron chi connectivity index (χ3n) is 3.94. The molecule has 0 unspecified atom stereocenters. The molecule has 1 amide bonds. The third-order valence-corrected chi connectivity index (χ3v) is 3.94. The zero-order chi connectivity index (χ0) is 16.9. The van der Waals surface area contributed by atoms with Crippen LogP contribution in [0.5, 0.6) is 0 Å². The zero-order valence-electron chi connectivity index (χ0n) is 13.9. The van der Waals surface area contributed by atoms with Gasteiger partial charge in [-0.2, -0.15) is 0 Å². The Bertz CT molecular complexity index is 866. The van der Waals surface area contributed by atoms with E-state index >= 15 is 0 Å². The lowest BCUT2D eigenvalue weighted by atomic mass is 10.1. The van der Waals surface area contributed by atoms with Crippen molar-refractivity contribution >= 4 is 23.0 Å². The number of hydrogen-bond donors (Lipinski definition) is 0. The number of para-hydroxylation sites is 1. The van der Waals surface area contributed by atoms with Crippen LogP contribution >= 0.6 is 0 Å². The SMILES string of the molecule is CCc1oc2ccccc2c1C=CC(=O)N(C)Cc1cccnc1. The Hall–Kier alpha value is -2.88. The Balaban J connectivity index is 1.79. The summed E-state index contributed by atoms with van der Waals surface area (Å²) in [5, 5.41) is 1.04. The molecule has 0 N–H and O–H groups in total. The topological polar surface area (TPSA) is 46.3 Å². The highest BCUT2D eigenvalue weighted by atomic mass is 16.3. The van der Waals surface area contributed by atoms with Crippen LogP contribution in [-0.2, 0) is 17.8 Å². The fourth-order valence-corrected chi connectivity index (χ4v) is 2.69. The third kappa shape index (κ3) is 3.38. The summed E-state index contributed by atoms with van der Waals surface area (Å²) in [6.45, 7) is 2.58. The van der Waals surface area contributed by atoms with Gasteiger partial charge in [0.05, 0.1) is 0 Å². The molecule has 0 fully saturated rings. The van der Waals surface area contributed by atoms with Crippen molar-refractivity contribution in [2.75, 3.05) is 7.05 Å². The molecule has 1 aromatic carbocycles. The van der Waals surface area contributed by atoms with Crippen LogP contribution in [0.4, 0.5) is 0 Å². The van der Waals surface area contributed by atoms with Gasteiger partial charge in [0.25, 0.3) is 0 Å². The van der Waals surface area contributed by atoms with Gasteiger partial charge in [-0.05, 0) is 23.8 Å². The van der Waals surface area contributed by atoms with E-state index in [1.165, 1.54) is 0 Å². The van der Waals surface area contributed by atoms with E-state index in [1.807, 2.05) is 49.4 Å². The average Bonchev–Trinajstić information content (AvgIpc) is 2.98. The molecule has 4 nitrogen and oxygen atoms in total. The van der Waals surface area contributed by atoms with Crippen LogP contribution in [0.3, 0.4) is 0 Å². The molecule has 0 saturated heterocycles. The summed E-state index contributed by atoms with van der Waals surface area (Å²) in [5.74, 6) is 0.848. The van der Waals surface area contributed by atoms with Crippen LogP contribution in [0.15, 0.2) is 59.3 Å². The van der Waals surface area contributed by atoms with E-state index in [9.17, 15) is 4.79 Å². The second-order valence-corrected chi connectivity index (χ2v) is 5.68. The van der Waals surface area contributed by atoms with Gasteiger partial charge in [-0.3, -0.25) is 9.78 Å². The van der Waals surface area contributed by atoms with Crippen LogP contribution in [-0.4, -0.2) is 22.8 Å². The number of benzene rings is 1. The number of nitrogens with zero attached hydrogens (tertiary/aromatic N) is 2. The van der Waals surface area contributed by atoms with Crippen molar-refractivity contribution in [3.63, 3.8) is 0 Å². The molecule has 0 aliphatic rings. The lowest BCUT2D eigenvalue weighted by Crippen LogP contribution is -2.24. The number of carbonyl (C=O) groups is 1. The van der Waals surface area contributed by atoms with Crippen LogP contribution in [0.1, 0.15) is 23.8 Å². The lowest BCUT2D eigenvalue weighted by molar-refractivity contribution is -0.125. The van der Waals surface area contributed by atoms with Gasteiger partial charge < -0.3 is 9.32 Å². The lowest BCUT2D eigenvalue weighted by Gasteiger charge is -2.14. The summed E-state index contributed by atoms with van der Waals surface area (Å²) < 4.78 is 5.85. The number of rotatable bonds is 5. The van der Waals surface area contributed by atoms with Gasteiger partial charge in [-0.15, -0.1) is 0 Å². The molecule has 0 bridgehead atoms. The molecule has 2 aromatic heterocycles. The van der Waals surface area contributed by atoms with Crippen LogP contribution in [0.2, 0.25) is 0 Å². The Morgan fingerprint density at radius 3 is 2.83 bits per heavy atom. The fourth-order valence-electron chi connectivity index (χ4n) is 2.69. The average molecular weight is 320 g/mol. The summed E-state index contributed by atoms with van der Waals surface area (Å²) in [5.41, 5.74) is 2.84. The fraction of sp³-hybridized carbons (Fsp3) is 0.200. The molecule has 3 rings (SSSR count). The summed E-state index contributed by atoms with van der Waals surface area (Å²) in [6, 6.07) is 11.7. The molecular weight excluding hydrogens is 300 g/mol. The minimum atomic E-state index is -0.0498. The van der Waals surface area contributed by atoms with Gasteiger partial charge >= 0.3 is 0 Å². The maximum Gasteiger partial charge on any atom is 0.246 e. The van der Waals surface area contributed by atoms with Gasteiger partial charge in [0.2, 0.25) is 5.91 Å². The van der Waals surface area contributed by atoms with E-state index in [4.69, 9.17) is 4.42 Å². The van der Waals surface area contributed by atoms with Crippen LogP contribution in [0, 0.1) is 0 Å². The molecule has 0 atom stereocenters. The van der Waals surface area contributed by atoms with Crippen LogP contribution < -0.4 is 0 Å². The molecule has 2 heterocycles. The summed E-state index contributed by atoms with van der Waals surface area (Å²) >= 11 is 0. The predicted octanol–water partition coefficient (Wildman–Crippen LogP) is 4.06. The normalized spacial score (nSPS) is 11.2. The second-order valence-electron chi connectivity index (χ2n) is 5.68. The molecule has 0 spiro atoms. The minimum Gasteiger partial charge on any atom is -0.460 e. The largest absolute Gasteiger partial charge is 0.460 e. The monoisotopic (exact) mass is 320 g/mol. The van der Waals surface area contributed by atoms with Gasteiger partial charge in [0.15, 0.2) is 0 Å². The van der Waals surface area contributed by atoms with Crippen molar-refractivity contribution in [2.24, 2.45) is 0 Å². The van der Waals surface area contributed by atoms with E-state index in [0.717, 1.165) is 34.3 Å². The zero-order valence-corrected chi connectivity index (χ0v) is 13.9. The first-order chi connectivity index (χ1) is 11.7. The number of carbonyl (C=O) groups excluding carboxylic acids is 1. The van der Waals surface area contributed by atoms with Crippen molar-refractivity contribution in [1.82, 2.24) is 9.88 Å². The number of amides is 1. The Morgan fingerprint density at radius 1 is 1.25 bits per heavy atom. The molecule has 0 aliphatic carbocycles. The van der Waals surface area contributed by atoms with E-state index in [2.05, 4.69) is 4.98 Å². The number of pyridine rings is 1. The minimum absolute atomic E-state index is 0.0498. The van der Waals surface area contributed by atoms with E-state index in [0.29, 0.717) is 6.54 Å². The quantitative estimate of drug-likeness (QED) is 0.666. The van der Waals surface area contributed by atoms with Gasteiger partial charge in [-0.1, -0.05) is 31.2 Å². The molecular formula is C20H20N2O2. The molecule has 3 aromatic rings. The first-order valence-electron chi connectivity index (χ1n) is 8.01. The van der Waals surface area contributed by atoms with Gasteiger partial charge in [-0.25, -0.2) is 0 Å². The number of furan rings is 1. The number of likely N-dealkylation sites (N-methyl/N-ethyl adjacent to an activating group) is 1. The Kier molecular flexibility index (Phi) is 4.75. The molecule has 0 saturated carbocycles. The van der Waals surface area contributed by atoms with Crippen LogP contribution in [0.25, 0.3) is 17.0 Å². The summed E-state index contributed by atoms with van der Waals surface area (Å²) in [7, 11) is 1.79. The van der Waals surface area contributed by atoms with Crippen molar-refractivity contribution in [1.29, 1.82) is 0 Å². The number of fused-ring (bicyclic) bond motifs is 1. The van der Waals surface area contributed by atoms with Gasteiger partial charge in [0, 0.05) is 49.4 Å². The van der Waals surface area contributed by atoms with Crippen molar-refractivity contribution in [3.8, 4) is 0 Å². The maximum absolute atomic E-state index is 12.4. The van der Waals surface area contributed by atoms with Gasteiger partial charge in [0.1, 0.15) is 11.3 Å². The molecule has 122 valence electrons. The van der Waals surface area contributed by atoms with Crippen molar-refractivity contribution in [3.05, 3.63) is 71.8 Å². The second kappa shape index (κ2) is 7.13. The highest BCUT2D eigenvalue weighted by molar-refractivity contribution is 5.96. The van der Waals surface area contributed by atoms with Crippen molar-refractivity contribution in [2.45, 2.75) is 19.9 Å². The molecule has 0 radical (unpaired) electrons. The highest BCUT2D eigenvalue weighted by Crippen LogP contribution is 2.27. The Morgan fingerprint density at radius 2 is 2.08 bits per heavy atom. The van der Waals surface area contributed by atoms with E-state index < -0.39 is 0 Å². The standard InChI is InChI=1S/C20H20N2O2/c1-3-18-17(16-8-4-5-9-19(16)24-18)10-11-20(23)22(2)14-15-7-6-12-21-13-15/h4-13H,3,14H2,1-2H3. The van der Waals surface area contributed by atoms with Crippen molar-refractivity contribution < 1.29 is 9.21 Å². The molecule has 0 aliphatic heterocycles. The smallest absolute Gasteiger partial charge is 0.246 e. The summed E-state index contributed by atoms with van der Waals surface area (Å²) in [6.07, 6.45) is 7.74.